The molecule has 100 valence electrons. The lowest BCUT2D eigenvalue weighted by Crippen LogP contribution is -2.34. The Kier molecular flexibility index (Phi) is 6.35. The topological polar surface area (TPSA) is 49.4 Å². The van der Waals surface area contributed by atoms with E-state index in [1.54, 1.807) is 11.0 Å². The Morgan fingerprint density at radius 2 is 2.00 bits per heavy atom. The molecule has 0 spiro atoms. The summed E-state index contributed by atoms with van der Waals surface area (Å²) in [5, 5.41) is 2.75. The van der Waals surface area contributed by atoms with Crippen LogP contribution < -0.4 is 5.32 Å². The highest BCUT2D eigenvalue weighted by Crippen LogP contribution is 2.21. The van der Waals surface area contributed by atoms with E-state index in [1.807, 2.05) is 19.9 Å². The van der Waals surface area contributed by atoms with Crippen molar-refractivity contribution >= 4 is 39.1 Å². The van der Waals surface area contributed by atoms with Crippen LogP contribution in [0, 0.1) is 0 Å². The molecule has 0 aliphatic carbocycles. The summed E-state index contributed by atoms with van der Waals surface area (Å²) in [6.07, 6.45) is 0.347. The van der Waals surface area contributed by atoms with Crippen LogP contribution in [0.15, 0.2) is 15.9 Å². The summed E-state index contributed by atoms with van der Waals surface area (Å²) >= 11 is 4.69. The van der Waals surface area contributed by atoms with Crippen molar-refractivity contribution in [3.8, 4) is 0 Å². The lowest BCUT2D eigenvalue weighted by atomic mass is 10.3. The minimum atomic E-state index is -0.127. The van der Waals surface area contributed by atoms with E-state index in [-0.39, 0.29) is 11.8 Å². The molecule has 0 saturated carbocycles. The van der Waals surface area contributed by atoms with E-state index in [0.717, 1.165) is 3.79 Å². The van der Waals surface area contributed by atoms with Crippen molar-refractivity contribution in [2.45, 2.75) is 20.3 Å². The number of rotatable bonds is 6. The largest absolute Gasteiger partial charge is 0.351 e. The van der Waals surface area contributed by atoms with Crippen LogP contribution in [0.3, 0.4) is 0 Å². The second-order valence-corrected chi connectivity index (χ2v) is 6.14. The highest BCUT2D eigenvalue weighted by molar-refractivity contribution is 9.11. The lowest BCUT2D eigenvalue weighted by molar-refractivity contribution is -0.130. The van der Waals surface area contributed by atoms with Gasteiger partial charge >= 0.3 is 0 Å². The quantitative estimate of drug-likeness (QED) is 0.870. The molecule has 1 N–H and O–H groups in total. The van der Waals surface area contributed by atoms with Gasteiger partial charge < -0.3 is 10.2 Å². The number of halogens is 1. The van der Waals surface area contributed by atoms with E-state index in [2.05, 4.69) is 21.2 Å². The summed E-state index contributed by atoms with van der Waals surface area (Å²) in [7, 11) is 0. The number of carbonyl (C=O) groups excluding carboxylic acids is 2. The van der Waals surface area contributed by atoms with Crippen molar-refractivity contribution in [3.63, 3.8) is 0 Å². The van der Waals surface area contributed by atoms with E-state index in [9.17, 15) is 9.59 Å². The maximum absolute atomic E-state index is 11.7. The average Bonchev–Trinajstić information content (AvgIpc) is 2.77. The SMILES string of the molecule is CCN(CC)C(=O)CCNC(=O)c1ccc(Br)s1. The van der Waals surface area contributed by atoms with Gasteiger partial charge in [-0.1, -0.05) is 0 Å². The Labute approximate surface area is 119 Å². The molecule has 1 aromatic rings. The predicted molar refractivity (Wildman–Crippen MR) is 76.9 cm³/mol. The van der Waals surface area contributed by atoms with Crippen LogP contribution in [0.4, 0.5) is 0 Å². The third-order valence-electron chi connectivity index (χ3n) is 2.54. The number of thiophene rings is 1. The van der Waals surface area contributed by atoms with Gasteiger partial charge in [0.05, 0.1) is 8.66 Å². The van der Waals surface area contributed by atoms with E-state index >= 15 is 0 Å². The molecule has 4 nitrogen and oxygen atoms in total. The van der Waals surface area contributed by atoms with Gasteiger partial charge in [-0.15, -0.1) is 11.3 Å². The molecule has 0 aliphatic rings. The van der Waals surface area contributed by atoms with Gasteiger partial charge in [0.25, 0.3) is 5.91 Å². The molecule has 0 saturated heterocycles. The fourth-order valence-corrected chi connectivity index (χ4v) is 2.84. The van der Waals surface area contributed by atoms with Crippen LogP contribution in [-0.4, -0.2) is 36.3 Å². The van der Waals surface area contributed by atoms with E-state index in [4.69, 9.17) is 0 Å². The molecule has 6 heteroatoms. The number of nitrogens with zero attached hydrogens (tertiary/aromatic N) is 1. The molecule has 2 amide bonds. The van der Waals surface area contributed by atoms with Crippen LogP contribution in [0.1, 0.15) is 29.9 Å². The molecule has 0 aromatic carbocycles. The molecule has 0 bridgehead atoms. The molecule has 0 fully saturated rings. The Bertz CT molecular complexity index is 416. The van der Waals surface area contributed by atoms with Crippen LogP contribution in [0.5, 0.6) is 0 Å². The van der Waals surface area contributed by atoms with Crippen LogP contribution in [-0.2, 0) is 4.79 Å². The summed E-state index contributed by atoms with van der Waals surface area (Å²) in [6, 6.07) is 3.59. The Morgan fingerprint density at radius 1 is 1.33 bits per heavy atom. The van der Waals surface area contributed by atoms with Gasteiger partial charge in [-0.05, 0) is 41.9 Å². The molecular weight excluding hydrogens is 316 g/mol. The maximum atomic E-state index is 11.7. The molecule has 1 rings (SSSR count). The first-order valence-corrected chi connectivity index (χ1v) is 7.50. The van der Waals surface area contributed by atoms with Crippen molar-refractivity contribution < 1.29 is 9.59 Å². The highest BCUT2D eigenvalue weighted by atomic mass is 79.9. The number of hydrogen-bond acceptors (Lipinski definition) is 3. The maximum Gasteiger partial charge on any atom is 0.261 e. The van der Waals surface area contributed by atoms with Gasteiger partial charge in [-0.3, -0.25) is 9.59 Å². The summed E-state index contributed by atoms with van der Waals surface area (Å²) in [4.78, 5) is 25.8. The van der Waals surface area contributed by atoms with Crippen LogP contribution in [0.2, 0.25) is 0 Å². The molecule has 1 aromatic heterocycles. The lowest BCUT2D eigenvalue weighted by Gasteiger charge is -2.18. The molecule has 0 atom stereocenters. The van der Waals surface area contributed by atoms with E-state index < -0.39 is 0 Å². The van der Waals surface area contributed by atoms with Crippen molar-refractivity contribution in [1.29, 1.82) is 0 Å². The number of carbonyl (C=O) groups is 2. The Balaban J connectivity index is 2.34. The van der Waals surface area contributed by atoms with Crippen molar-refractivity contribution in [2.75, 3.05) is 19.6 Å². The molecule has 0 aliphatic heterocycles. The van der Waals surface area contributed by atoms with E-state index in [0.29, 0.717) is 30.9 Å². The number of amides is 2. The third-order valence-corrected chi connectivity index (χ3v) is 4.16. The molecule has 18 heavy (non-hydrogen) atoms. The Morgan fingerprint density at radius 3 is 2.50 bits per heavy atom. The monoisotopic (exact) mass is 332 g/mol. The fraction of sp³-hybridized carbons (Fsp3) is 0.500. The predicted octanol–water partition coefficient (Wildman–Crippen LogP) is 2.50. The van der Waals surface area contributed by atoms with Crippen molar-refractivity contribution in [2.24, 2.45) is 0 Å². The van der Waals surface area contributed by atoms with Crippen molar-refractivity contribution in [1.82, 2.24) is 10.2 Å². The molecule has 0 radical (unpaired) electrons. The number of hydrogen-bond donors (Lipinski definition) is 1. The van der Waals surface area contributed by atoms with Gasteiger partial charge in [-0.2, -0.15) is 0 Å². The number of nitrogens with one attached hydrogen (secondary N) is 1. The normalized spacial score (nSPS) is 10.2. The standard InChI is InChI=1S/C12H17BrN2O2S/c1-3-15(4-2)11(16)7-8-14-12(17)9-5-6-10(13)18-9/h5-6H,3-4,7-8H2,1-2H3,(H,14,17). The molecule has 0 unspecified atom stereocenters. The van der Waals surface area contributed by atoms with Gasteiger partial charge in [0, 0.05) is 26.1 Å². The zero-order valence-corrected chi connectivity index (χ0v) is 12.9. The molecular formula is C12H17BrN2O2S. The fourth-order valence-electron chi connectivity index (χ4n) is 1.54. The highest BCUT2D eigenvalue weighted by Gasteiger charge is 2.11. The van der Waals surface area contributed by atoms with Gasteiger partial charge in [0.1, 0.15) is 0 Å². The first-order valence-electron chi connectivity index (χ1n) is 5.89. The zero-order valence-electron chi connectivity index (χ0n) is 10.5. The Hall–Kier alpha value is -0.880. The van der Waals surface area contributed by atoms with Crippen LogP contribution >= 0.6 is 27.3 Å². The second kappa shape index (κ2) is 7.53. The minimum Gasteiger partial charge on any atom is -0.351 e. The third kappa shape index (κ3) is 4.42. The summed E-state index contributed by atoms with van der Waals surface area (Å²) < 4.78 is 0.923. The average molecular weight is 333 g/mol. The first kappa shape index (κ1) is 15.2. The summed E-state index contributed by atoms with van der Waals surface area (Å²) in [5.74, 6) is -0.0503. The van der Waals surface area contributed by atoms with Crippen LogP contribution in [0.25, 0.3) is 0 Å². The van der Waals surface area contributed by atoms with E-state index in [1.165, 1.54) is 11.3 Å². The molecule has 1 heterocycles. The summed E-state index contributed by atoms with van der Waals surface area (Å²) in [6.45, 7) is 5.69. The first-order chi connectivity index (χ1) is 8.58. The van der Waals surface area contributed by atoms with Gasteiger partial charge in [-0.25, -0.2) is 0 Å². The van der Waals surface area contributed by atoms with Crippen molar-refractivity contribution in [3.05, 3.63) is 20.8 Å². The van der Waals surface area contributed by atoms with Gasteiger partial charge in [0.2, 0.25) is 5.91 Å². The minimum absolute atomic E-state index is 0.0765. The second-order valence-electron chi connectivity index (χ2n) is 3.68. The smallest absolute Gasteiger partial charge is 0.261 e. The summed E-state index contributed by atoms with van der Waals surface area (Å²) in [5.41, 5.74) is 0. The van der Waals surface area contributed by atoms with Gasteiger partial charge in [0.15, 0.2) is 0 Å². The zero-order chi connectivity index (χ0) is 13.5.